The zero-order valence-corrected chi connectivity index (χ0v) is 16.9. The minimum Gasteiger partial charge on any atom is -0.335 e. The van der Waals surface area contributed by atoms with E-state index in [0.29, 0.717) is 0 Å². The smallest absolute Gasteiger partial charge is 0.324 e. The number of sulfonamides is 1. The third-order valence-electron chi connectivity index (χ3n) is 4.87. The van der Waals surface area contributed by atoms with Gasteiger partial charge in [-0.25, -0.2) is 8.42 Å². The van der Waals surface area contributed by atoms with Crippen molar-refractivity contribution < 1.29 is 18.1 Å². The maximum atomic E-state index is 13.0. The number of benzene rings is 2. The van der Waals surface area contributed by atoms with Gasteiger partial charge in [0.05, 0.1) is 14.7 Å². The first-order chi connectivity index (χ1) is 13.9. The number of carbonyl (C=O) groups is 1. The number of nitrogens with zero attached hydrogens (tertiary/aromatic N) is 3. The van der Waals surface area contributed by atoms with E-state index in [4.69, 9.17) is 0 Å². The fourth-order valence-corrected chi connectivity index (χ4v) is 5.55. The lowest BCUT2D eigenvalue weighted by Crippen LogP contribution is -2.50. The Labute approximate surface area is 171 Å². The summed E-state index contributed by atoms with van der Waals surface area (Å²) < 4.78 is 27.4. The first-order valence-electron chi connectivity index (χ1n) is 8.89. The van der Waals surface area contributed by atoms with E-state index in [1.54, 1.807) is 18.2 Å². The summed E-state index contributed by atoms with van der Waals surface area (Å²) in [6.07, 6.45) is 0. The SMILES string of the molecule is O=C(c1ccc([N+](=O)[O-])s1)N1CCN(S(=O)(=O)c2ccc3ccccc3c2)CC1. The van der Waals surface area contributed by atoms with E-state index in [0.717, 1.165) is 22.1 Å². The number of piperazine rings is 1. The van der Waals surface area contributed by atoms with E-state index in [2.05, 4.69) is 0 Å². The van der Waals surface area contributed by atoms with Gasteiger partial charge in [0.1, 0.15) is 0 Å². The maximum absolute atomic E-state index is 13.0. The molecule has 1 saturated heterocycles. The minimum atomic E-state index is -3.67. The summed E-state index contributed by atoms with van der Waals surface area (Å²) in [4.78, 5) is 24.9. The van der Waals surface area contributed by atoms with E-state index in [9.17, 15) is 23.3 Å². The van der Waals surface area contributed by atoms with Crippen molar-refractivity contribution in [1.82, 2.24) is 9.21 Å². The predicted molar refractivity (Wildman–Crippen MR) is 110 cm³/mol. The zero-order valence-electron chi connectivity index (χ0n) is 15.2. The van der Waals surface area contributed by atoms with Crippen LogP contribution in [0.4, 0.5) is 5.00 Å². The first kappa shape index (κ1) is 19.5. The van der Waals surface area contributed by atoms with Gasteiger partial charge in [-0.1, -0.05) is 41.7 Å². The Bertz CT molecular complexity index is 1200. The average Bonchev–Trinajstić information content (AvgIpc) is 3.23. The fraction of sp³-hybridized carbons (Fsp3) is 0.211. The standard InChI is InChI=1S/C19H17N3O5S2/c23-19(17-7-8-18(28-17)22(24)25)20-9-11-21(12-10-20)29(26,27)16-6-5-14-3-1-2-4-15(14)13-16/h1-8,13H,9-12H2. The molecule has 2 heterocycles. The Morgan fingerprint density at radius 2 is 1.66 bits per heavy atom. The topological polar surface area (TPSA) is 101 Å². The number of fused-ring (bicyclic) bond motifs is 1. The van der Waals surface area contributed by atoms with Crippen LogP contribution in [-0.2, 0) is 10.0 Å². The molecule has 8 nitrogen and oxygen atoms in total. The summed E-state index contributed by atoms with van der Waals surface area (Å²) in [7, 11) is -3.67. The van der Waals surface area contributed by atoms with Crippen LogP contribution in [0.1, 0.15) is 9.67 Å². The van der Waals surface area contributed by atoms with Crippen LogP contribution in [0.5, 0.6) is 0 Å². The quantitative estimate of drug-likeness (QED) is 0.467. The highest BCUT2D eigenvalue weighted by atomic mass is 32.2. The molecule has 0 spiro atoms. The van der Waals surface area contributed by atoms with Gasteiger partial charge in [0.25, 0.3) is 5.91 Å². The largest absolute Gasteiger partial charge is 0.335 e. The molecule has 3 aromatic rings. The lowest BCUT2D eigenvalue weighted by atomic mass is 10.1. The highest BCUT2D eigenvalue weighted by Gasteiger charge is 2.31. The Morgan fingerprint density at radius 3 is 2.31 bits per heavy atom. The molecule has 4 rings (SSSR count). The molecule has 0 bridgehead atoms. The van der Waals surface area contributed by atoms with Crippen molar-refractivity contribution in [1.29, 1.82) is 0 Å². The van der Waals surface area contributed by atoms with Gasteiger partial charge in [-0.15, -0.1) is 0 Å². The van der Waals surface area contributed by atoms with Crippen LogP contribution < -0.4 is 0 Å². The summed E-state index contributed by atoms with van der Waals surface area (Å²) in [5.74, 6) is -0.314. The van der Waals surface area contributed by atoms with Crippen LogP contribution in [0.2, 0.25) is 0 Å². The number of carbonyl (C=O) groups excluding carboxylic acids is 1. The second kappa shape index (κ2) is 7.54. The molecule has 0 saturated carbocycles. The summed E-state index contributed by atoms with van der Waals surface area (Å²) in [5, 5.41) is 12.5. The summed E-state index contributed by atoms with van der Waals surface area (Å²) >= 11 is 0.825. The van der Waals surface area contributed by atoms with Gasteiger partial charge < -0.3 is 4.90 Å². The van der Waals surface area contributed by atoms with Crippen molar-refractivity contribution >= 4 is 43.0 Å². The Balaban J connectivity index is 1.47. The van der Waals surface area contributed by atoms with Gasteiger partial charge in [0.15, 0.2) is 0 Å². The van der Waals surface area contributed by atoms with E-state index in [-0.39, 0.29) is 46.9 Å². The number of rotatable bonds is 4. The Kier molecular flexibility index (Phi) is 5.07. The molecule has 1 aliphatic rings. The van der Waals surface area contributed by atoms with Crippen LogP contribution in [0, 0.1) is 10.1 Å². The zero-order chi connectivity index (χ0) is 20.6. The second-order valence-electron chi connectivity index (χ2n) is 6.60. The van der Waals surface area contributed by atoms with Crippen molar-refractivity contribution in [3.05, 3.63) is 69.6 Å². The third-order valence-corrected chi connectivity index (χ3v) is 7.79. The molecule has 0 atom stereocenters. The van der Waals surface area contributed by atoms with Crippen LogP contribution in [0.15, 0.2) is 59.5 Å². The van der Waals surface area contributed by atoms with Gasteiger partial charge in [-0.05, 0) is 29.0 Å². The second-order valence-corrected chi connectivity index (χ2v) is 9.60. The van der Waals surface area contributed by atoms with Gasteiger partial charge in [-0.3, -0.25) is 14.9 Å². The normalized spacial score (nSPS) is 15.5. The molecule has 1 amide bonds. The average molecular weight is 431 g/mol. The highest BCUT2D eigenvalue weighted by Crippen LogP contribution is 2.26. The number of hydrogen-bond acceptors (Lipinski definition) is 6. The molecular weight excluding hydrogens is 414 g/mol. The van der Waals surface area contributed by atoms with E-state index >= 15 is 0 Å². The van der Waals surface area contributed by atoms with Gasteiger partial charge in [-0.2, -0.15) is 4.31 Å². The first-order valence-corrected chi connectivity index (χ1v) is 11.1. The number of hydrogen-bond donors (Lipinski definition) is 0. The molecule has 0 N–H and O–H groups in total. The van der Waals surface area contributed by atoms with Crippen LogP contribution in [-0.4, -0.2) is 54.6 Å². The maximum Gasteiger partial charge on any atom is 0.324 e. The van der Waals surface area contributed by atoms with E-state index < -0.39 is 14.9 Å². The lowest BCUT2D eigenvalue weighted by molar-refractivity contribution is -0.380. The van der Waals surface area contributed by atoms with Crippen LogP contribution >= 0.6 is 11.3 Å². The summed E-state index contributed by atoms with van der Waals surface area (Å²) in [6.45, 7) is 0.817. The fourth-order valence-electron chi connectivity index (χ4n) is 3.31. The van der Waals surface area contributed by atoms with Crippen molar-refractivity contribution in [2.75, 3.05) is 26.2 Å². The van der Waals surface area contributed by atoms with Crippen molar-refractivity contribution in [2.24, 2.45) is 0 Å². The van der Waals surface area contributed by atoms with E-state index in [1.165, 1.54) is 21.3 Å². The third kappa shape index (κ3) is 3.74. The van der Waals surface area contributed by atoms with Crippen LogP contribution in [0.3, 0.4) is 0 Å². The molecule has 1 aliphatic heterocycles. The highest BCUT2D eigenvalue weighted by molar-refractivity contribution is 7.89. The number of amides is 1. The molecule has 1 fully saturated rings. The molecule has 0 unspecified atom stereocenters. The molecule has 150 valence electrons. The molecule has 10 heteroatoms. The van der Waals surface area contributed by atoms with Crippen molar-refractivity contribution in [2.45, 2.75) is 4.90 Å². The summed E-state index contributed by atoms with van der Waals surface area (Å²) in [5.41, 5.74) is 0. The Morgan fingerprint density at radius 1 is 0.966 bits per heavy atom. The molecular formula is C19H17N3O5S2. The molecule has 1 aromatic heterocycles. The monoisotopic (exact) mass is 431 g/mol. The molecule has 29 heavy (non-hydrogen) atoms. The number of thiophene rings is 1. The van der Waals surface area contributed by atoms with Gasteiger partial charge in [0, 0.05) is 32.2 Å². The molecule has 0 radical (unpaired) electrons. The summed E-state index contributed by atoms with van der Waals surface area (Å²) in [6, 6.07) is 15.3. The van der Waals surface area contributed by atoms with Crippen molar-refractivity contribution in [3.63, 3.8) is 0 Å². The lowest BCUT2D eigenvalue weighted by Gasteiger charge is -2.33. The minimum absolute atomic E-state index is 0.0918. The van der Waals surface area contributed by atoms with Crippen LogP contribution in [0.25, 0.3) is 10.8 Å². The van der Waals surface area contributed by atoms with Crippen molar-refractivity contribution in [3.8, 4) is 0 Å². The molecule has 0 aliphatic carbocycles. The Hall–Kier alpha value is -2.82. The molecule has 2 aromatic carbocycles. The van der Waals surface area contributed by atoms with E-state index in [1.807, 2.05) is 24.3 Å². The van der Waals surface area contributed by atoms with Gasteiger partial charge in [0.2, 0.25) is 10.0 Å². The number of nitro groups is 1. The predicted octanol–water partition coefficient (Wildman–Crippen LogP) is 2.96. The van der Waals surface area contributed by atoms with Gasteiger partial charge >= 0.3 is 5.00 Å².